The zero-order valence-corrected chi connectivity index (χ0v) is 12.1. The monoisotopic (exact) mass is 251 g/mol. The van der Waals surface area contributed by atoms with Crippen LogP contribution in [0.15, 0.2) is 18.2 Å². The zero-order chi connectivity index (χ0) is 13.5. The summed E-state index contributed by atoms with van der Waals surface area (Å²) in [5.74, 6) is 3.02. The lowest BCUT2D eigenvalue weighted by molar-refractivity contribution is 0.395. The number of hydrogen-bond donors (Lipinski definition) is 1. The highest BCUT2D eigenvalue weighted by molar-refractivity contribution is 5.59. The van der Waals surface area contributed by atoms with Crippen LogP contribution < -0.4 is 14.8 Å². The molecule has 0 aromatic heterocycles. The van der Waals surface area contributed by atoms with Gasteiger partial charge in [0.25, 0.3) is 0 Å². The summed E-state index contributed by atoms with van der Waals surface area (Å²) < 4.78 is 10.5. The number of methoxy groups -OCH3 is 2. The van der Waals surface area contributed by atoms with Gasteiger partial charge in [0, 0.05) is 12.6 Å². The summed E-state index contributed by atoms with van der Waals surface area (Å²) in [7, 11) is 3.34. The average Bonchev–Trinajstić information content (AvgIpc) is 2.35. The Kier molecular flexibility index (Phi) is 5.83. The van der Waals surface area contributed by atoms with Gasteiger partial charge in [-0.2, -0.15) is 0 Å². The van der Waals surface area contributed by atoms with E-state index in [0.717, 1.165) is 29.6 Å². The van der Waals surface area contributed by atoms with Crippen molar-refractivity contribution in [3.05, 3.63) is 18.2 Å². The van der Waals surface area contributed by atoms with E-state index in [1.165, 1.54) is 6.42 Å². The number of benzene rings is 1. The van der Waals surface area contributed by atoms with Crippen LogP contribution in [0.2, 0.25) is 0 Å². The quantitative estimate of drug-likeness (QED) is 0.799. The van der Waals surface area contributed by atoms with Crippen molar-refractivity contribution in [2.45, 2.75) is 27.2 Å². The molecule has 102 valence electrons. The molecule has 18 heavy (non-hydrogen) atoms. The number of anilines is 1. The Morgan fingerprint density at radius 2 is 1.83 bits per heavy atom. The topological polar surface area (TPSA) is 30.5 Å². The summed E-state index contributed by atoms with van der Waals surface area (Å²) in [5.41, 5.74) is 1.02. The third-order valence-corrected chi connectivity index (χ3v) is 2.92. The molecule has 1 rings (SSSR count). The first-order valence-electron chi connectivity index (χ1n) is 6.52. The van der Waals surface area contributed by atoms with Gasteiger partial charge in [-0.25, -0.2) is 0 Å². The summed E-state index contributed by atoms with van der Waals surface area (Å²) >= 11 is 0. The maximum absolute atomic E-state index is 5.36. The Balaban J connectivity index is 2.61. The molecule has 0 spiro atoms. The van der Waals surface area contributed by atoms with Crippen LogP contribution in [0.1, 0.15) is 27.2 Å². The molecule has 1 unspecified atom stereocenters. The predicted molar refractivity (Wildman–Crippen MR) is 76.7 cm³/mol. The molecule has 0 aliphatic carbocycles. The van der Waals surface area contributed by atoms with Gasteiger partial charge in [-0.15, -0.1) is 0 Å². The highest BCUT2D eigenvalue weighted by atomic mass is 16.5. The molecule has 0 fully saturated rings. The third kappa shape index (κ3) is 4.47. The van der Waals surface area contributed by atoms with Gasteiger partial charge < -0.3 is 14.8 Å². The van der Waals surface area contributed by atoms with Crippen molar-refractivity contribution in [3.63, 3.8) is 0 Å². The first kappa shape index (κ1) is 14.7. The molecule has 3 heteroatoms. The van der Waals surface area contributed by atoms with E-state index in [2.05, 4.69) is 26.1 Å². The van der Waals surface area contributed by atoms with Crippen molar-refractivity contribution in [1.29, 1.82) is 0 Å². The number of nitrogens with one attached hydrogen (secondary N) is 1. The fourth-order valence-corrected chi connectivity index (χ4v) is 2.12. The van der Waals surface area contributed by atoms with E-state index in [4.69, 9.17) is 9.47 Å². The third-order valence-electron chi connectivity index (χ3n) is 2.92. The largest absolute Gasteiger partial charge is 0.497 e. The molecule has 0 amide bonds. The molecule has 1 atom stereocenters. The molecule has 0 bridgehead atoms. The van der Waals surface area contributed by atoms with Crippen LogP contribution in [-0.2, 0) is 0 Å². The molecule has 0 saturated carbocycles. The summed E-state index contributed by atoms with van der Waals surface area (Å²) in [5, 5.41) is 3.44. The molecular formula is C15H25NO2. The molecular weight excluding hydrogens is 226 g/mol. The molecule has 1 aromatic rings. The predicted octanol–water partition coefficient (Wildman–Crippen LogP) is 3.80. The van der Waals surface area contributed by atoms with Gasteiger partial charge in [0.15, 0.2) is 0 Å². The van der Waals surface area contributed by atoms with E-state index in [1.54, 1.807) is 14.2 Å². The second-order valence-electron chi connectivity index (χ2n) is 5.18. The van der Waals surface area contributed by atoms with Crippen LogP contribution in [0.4, 0.5) is 5.69 Å². The van der Waals surface area contributed by atoms with E-state index in [0.29, 0.717) is 5.92 Å². The van der Waals surface area contributed by atoms with Crippen LogP contribution >= 0.6 is 0 Å². The molecule has 1 N–H and O–H groups in total. The number of hydrogen-bond acceptors (Lipinski definition) is 3. The molecule has 0 aliphatic heterocycles. The van der Waals surface area contributed by atoms with Crippen molar-refractivity contribution in [3.8, 4) is 11.5 Å². The molecule has 3 nitrogen and oxygen atoms in total. The van der Waals surface area contributed by atoms with Crippen molar-refractivity contribution in [1.82, 2.24) is 0 Å². The Morgan fingerprint density at radius 3 is 2.39 bits per heavy atom. The van der Waals surface area contributed by atoms with Crippen molar-refractivity contribution < 1.29 is 9.47 Å². The summed E-state index contributed by atoms with van der Waals surface area (Å²) in [4.78, 5) is 0. The number of rotatable bonds is 7. The molecule has 0 radical (unpaired) electrons. The van der Waals surface area contributed by atoms with Crippen LogP contribution in [0.5, 0.6) is 11.5 Å². The van der Waals surface area contributed by atoms with E-state index < -0.39 is 0 Å². The van der Waals surface area contributed by atoms with Gasteiger partial charge >= 0.3 is 0 Å². The Hall–Kier alpha value is -1.38. The minimum absolute atomic E-state index is 0.650. The Labute approximate surface area is 110 Å². The van der Waals surface area contributed by atoms with Crippen molar-refractivity contribution >= 4 is 5.69 Å². The lowest BCUT2D eigenvalue weighted by Crippen LogP contribution is -2.13. The van der Waals surface area contributed by atoms with E-state index >= 15 is 0 Å². The fourth-order valence-electron chi connectivity index (χ4n) is 2.12. The van der Waals surface area contributed by atoms with Gasteiger partial charge in [-0.05, 0) is 30.4 Å². The highest BCUT2D eigenvalue weighted by Gasteiger charge is 2.08. The second-order valence-corrected chi connectivity index (χ2v) is 5.18. The minimum Gasteiger partial charge on any atom is -0.497 e. The lowest BCUT2D eigenvalue weighted by Gasteiger charge is -2.17. The fraction of sp³-hybridized carbons (Fsp3) is 0.600. The van der Waals surface area contributed by atoms with Gasteiger partial charge in [0.05, 0.1) is 19.9 Å². The summed E-state index contributed by atoms with van der Waals surface area (Å²) in [6, 6.07) is 5.84. The Bertz CT molecular complexity index is 364. The Morgan fingerprint density at radius 1 is 1.11 bits per heavy atom. The molecule has 0 aliphatic rings. The van der Waals surface area contributed by atoms with E-state index in [9.17, 15) is 0 Å². The first-order valence-corrected chi connectivity index (χ1v) is 6.52. The summed E-state index contributed by atoms with van der Waals surface area (Å²) in [6.07, 6.45) is 1.23. The van der Waals surface area contributed by atoms with E-state index in [1.807, 2.05) is 18.2 Å². The number of ether oxygens (including phenoxy) is 2. The van der Waals surface area contributed by atoms with Gasteiger partial charge in [0.2, 0.25) is 0 Å². The molecule has 0 saturated heterocycles. The maximum atomic E-state index is 5.36. The SMILES string of the molecule is COc1ccc(NCC(C)CC(C)C)c(OC)c1. The molecule has 0 heterocycles. The minimum atomic E-state index is 0.650. The van der Waals surface area contributed by atoms with Crippen molar-refractivity contribution in [2.24, 2.45) is 11.8 Å². The first-order chi connectivity index (χ1) is 8.56. The van der Waals surface area contributed by atoms with Crippen LogP contribution in [0.25, 0.3) is 0 Å². The second kappa shape index (κ2) is 7.14. The normalized spacial score (nSPS) is 12.3. The van der Waals surface area contributed by atoms with Crippen LogP contribution in [0.3, 0.4) is 0 Å². The van der Waals surface area contributed by atoms with Gasteiger partial charge in [0.1, 0.15) is 11.5 Å². The molecule has 1 aromatic carbocycles. The lowest BCUT2D eigenvalue weighted by atomic mass is 9.99. The standard InChI is InChI=1S/C15H25NO2/c1-11(2)8-12(3)10-16-14-7-6-13(17-4)9-15(14)18-5/h6-7,9,11-12,16H,8,10H2,1-5H3. The van der Waals surface area contributed by atoms with Gasteiger partial charge in [-0.3, -0.25) is 0 Å². The van der Waals surface area contributed by atoms with Crippen LogP contribution in [0, 0.1) is 11.8 Å². The van der Waals surface area contributed by atoms with E-state index in [-0.39, 0.29) is 0 Å². The smallest absolute Gasteiger partial charge is 0.145 e. The highest BCUT2D eigenvalue weighted by Crippen LogP contribution is 2.29. The summed E-state index contributed by atoms with van der Waals surface area (Å²) in [6.45, 7) is 7.73. The van der Waals surface area contributed by atoms with Crippen LogP contribution in [-0.4, -0.2) is 20.8 Å². The average molecular weight is 251 g/mol. The maximum Gasteiger partial charge on any atom is 0.145 e. The van der Waals surface area contributed by atoms with Gasteiger partial charge in [-0.1, -0.05) is 20.8 Å². The zero-order valence-electron chi connectivity index (χ0n) is 12.1. The van der Waals surface area contributed by atoms with Crippen molar-refractivity contribution in [2.75, 3.05) is 26.1 Å².